The Kier molecular flexibility index (Phi) is 3.50. The molecule has 5 heteroatoms. The third kappa shape index (κ3) is 2.51. The molecule has 3 heterocycles. The van der Waals surface area contributed by atoms with Crippen LogP contribution in [0.25, 0.3) is 5.52 Å². The number of pyridine rings is 1. The van der Waals surface area contributed by atoms with Gasteiger partial charge in [0, 0.05) is 45.3 Å². The van der Waals surface area contributed by atoms with Crippen LogP contribution >= 0.6 is 11.6 Å². The van der Waals surface area contributed by atoms with Crippen LogP contribution in [0.4, 0.5) is 0 Å². The lowest BCUT2D eigenvalue weighted by Crippen LogP contribution is -2.44. The van der Waals surface area contributed by atoms with Crippen molar-refractivity contribution in [1.29, 1.82) is 0 Å². The van der Waals surface area contributed by atoms with Gasteiger partial charge in [0.2, 0.25) is 0 Å². The van der Waals surface area contributed by atoms with E-state index in [1.165, 1.54) is 0 Å². The summed E-state index contributed by atoms with van der Waals surface area (Å²) in [6, 6.07) is 3.91. The van der Waals surface area contributed by atoms with Gasteiger partial charge in [-0.25, -0.2) is 4.98 Å². The van der Waals surface area contributed by atoms with Crippen molar-refractivity contribution in [3.8, 4) is 0 Å². The van der Waals surface area contributed by atoms with E-state index in [2.05, 4.69) is 19.6 Å². The molecule has 2 aromatic rings. The average molecular weight is 265 g/mol. The van der Waals surface area contributed by atoms with Crippen LogP contribution in [0.15, 0.2) is 24.5 Å². The van der Waals surface area contributed by atoms with Crippen molar-refractivity contribution < 1.29 is 0 Å². The first-order valence-corrected chi connectivity index (χ1v) is 6.75. The highest BCUT2D eigenvalue weighted by Gasteiger charge is 2.11. The van der Waals surface area contributed by atoms with Crippen molar-refractivity contribution in [1.82, 2.24) is 19.6 Å². The monoisotopic (exact) mass is 264 g/mol. The molecule has 0 radical (unpaired) electrons. The lowest BCUT2D eigenvalue weighted by molar-refractivity contribution is 0.242. The van der Waals surface area contributed by atoms with Gasteiger partial charge in [0.05, 0.1) is 16.7 Å². The first-order chi connectivity index (χ1) is 8.83. The summed E-state index contributed by atoms with van der Waals surface area (Å²) in [5.74, 6) is 1.09. The van der Waals surface area contributed by atoms with Crippen LogP contribution in [0, 0.1) is 0 Å². The van der Waals surface area contributed by atoms with E-state index in [1.54, 1.807) is 0 Å². The zero-order valence-corrected chi connectivity index (χ0v) is 11.0. The van der Waals surface area contributed by atoms with E-state index in [0.717, 1.165) is 55.5 Å². The summed E-state index contributed by atoms with van der Waals surface area (Å²) in [4.78, 5) is 6.96. The smallest absolute Gasteiger partial charge is 0.114 e. The zero-order valence-electron chi connectivity index (χ0n) is 10.3. The number of halogens is 1. The van der Waals surface area contributed by atoms with Crippen molar-refractivity contribution in [2.45, 2.75) is 6.42 Å². The third-order valence-corrected chi connectivity index (χ3v) is 3.65. The van der Waals surface area contributed by atoms with Crippen molar-refractivity contribution in [3.05, 3.63) is 35.4 Å². The van der Waals surface area contributed by atoms with E-state index in [0.29, 0.717) is 0 Å². The Balaban J connectivity index is 1.72. The molecule has 0 atom stereocenters. The van der Waals surface area contributed by atoms with Crippen LogP contribution < -0.4 is 5.32 Å². The molecule has 1 aliphatic rings. The first kappa shape index (κ1) is 12.0. The van der Waals surface area contributed by atoms with E-state index >= 15 is 0 Å². The second-order valence-electron chi connectivity index (χ2n) is 4.66. The fraction of sp³-hybridized carbons (Fsp3) is 0.462. The second-order valence-corrected chi connectivity index (χ2v) is 5.09. The molecule has 2 aromatic heterocycles. The number of nitrogens with zero attached hydrogens (tertiary/aromatic N) is 3. The maximum atomic E-state index is 6.03. The van der Waals surface area contributed by atoms with Gasteiger partial charge in [-0.3, -0.25) is 0 Å². The maximum absolute atomic E-state index is 6.03. The van der Waals surface area contributed by atoms with Crippen LogP contribution in [-0.4, -0.2) is 47.0 Å². The molecule has 0 aliphatic carbocycles. The molecule has 1 fully saturated rings. The molecule has 18 heavy (non-hydrogen) atoms. The number of aromatic nitrogens is 2. The predicted molar refractivity (Wildman–Crippen MR) is 73.2 cm³/mol. The highest BCUT2D eigenvalue weighted by atomic mass is 35.5. The molecule has 1 N–H and O–H groups in total. The van der Waals surface area contributed by atoms with Gasteiger partial charge in [-0.1, -0.05) is 11.6 Å². The molecule has 0 saturated carbocycles. The van der Waals surface area contributed by atoms with Gasteiger partial charge >= 0.3 is 0 Å². The summed E-state index contributed by atoms with van der Waals surface area (Å²) in [6.45, 7) is 5.50. The Morgan fingerprint density at radius 2 is 2.11 bits per heavy atom. The molecule has 3 rings (SSSR count). The van der Waals surface area contributed by atoms with Gasteiger partial charge in [-0.05, 0) is 12.1 Å². The molecule has 1 saturated heterocycles. The van der Waals surface area contributed by atoms with E-state index in [-0.39, 0.29) is 0 Å². The minimum Gasteiger partial charge on any atom is -0.314 e. The minimum absolute atomic E-state index is 0.754. The van der Waals surface area contributed by atoms with E-state index in [9.17, 15) is 0 Å². The predicted octanol–water partition coefficient (Wildman–Crippen LogP) is 1.44. The number of rotatable bonds is 3. The lowest BCUT2D eigenvalue weighted by atomic mass is 10.3. The molecular formula is C13H17ClN4. The summed E-state index contributed by atoms with van der Waals surface area (Å²) in [7, 11) is 0. The summed E-state index contributed by atoms with van der Waals surface area (Å²) in [5.41, 5.74) is 1.11. The number of hydrogen-bond acceptors (Lipinski definition) is 3. The molecule has 96 valence electrons. The number of fused-ring (bicyclic) bond motifs is 1. The largest absolute Gasteiger partial charge is 0.314 e. The van der Waals surface area contributed by atoms with Crippen LogP contribution in [0.3, 0.4) is 0 Å². The molecular weight excluding hydrogens is 248 g/mol. The fourth-order valence-electron chi connectivity index (χ4n) is 2.40. The summed E-state index contributed by atoms with van der Waals surface area (Å²) >= 11 is 6.03. The fourth-order valence-corrected chi connectivity index (χ4v) is 2.56. The Morgan fingerprint density at radius 1 is 1.28 bits per heavy atom. The Hall–Kier alpha value is -1.10. The van der Waals surface area contributed by atoms with Crippen LogP contribution in [-0.2, 0) is 6.42 Å². The van der Waals surface area contributed by atoms with Crippen LogP contribution in [0.5, 0.6) is 0 Å². The normalized spacial score (nSPS) is 17.4. The van der Waals surface area contributed by atoms with Crippen molar-refractivity contribution in [2.24, 2.45) is 0 Å². The first-order valence-electron chi connectivity index (χ1n) is 6.37. The second kappa shape index (κ2) is 5.26. The van der Waals surface area contributed by atoms with Gasteiger partial charge < -0.3 is 14.6 Å². The lowest BCUT2D eigenvalue weighted by Gasteiger charge is -2.26. The van der Waals surface area contributed by atoms with Gasteiger partial charge in [0.25, 0.3) is 0 Å². The van der Waals surface area contributed by atoms with Crippen LogP contribution in [0.2, 0.25) is 5.02 Å². The molecule has 1 aliphatic heterocycles. The highest BCUT2D eigenvalue weighted by Crippen LogP contribution is 2.13. The molecule has 0 bridgehead atoms. The van der Waals surface area contributed by atoms with Crippen molar-refractivity contribution in [3.63, 3.8) is 0 Å². The third-order valence-electron chi connectivity index (χ3n) is 3.43. The number of hydrogen-bond donors (Lipinski definition) is 1. The Morgan fingerprint density at radius 3 is 2.94 bits per heavy atom. The molecule has 0 spiro atoms. The van der Waals surface area contributed by atoms with Crippen LogP contribution in [0.1, 0.15) is 5.82 Å². The number of nitrogens with one attached hydrogen (secondary N) is 1. The van der Waals surface area contributed by atoms with E-state index < -0.39 is 0 Å². The van der Waals surface area contributed by atoms with Gasteiger partial charge in [0.1, 0.15) is 5.82 Å². The van der Waals surface area contributed by atoms with Gasteiger partial charge in [0.15, 0.2) is 0 Å². The van der Waals surface area contributed by atoms with Crippen molar-refractivity contribution in [2.75, 3.05) is 32.7 Å². The minimum atomic E-state index is 0.754. The van der Waals surface area contributed by atoms with E-state index in [4.69, 9.17) is 11.6 Å². The summed E-state index contributed by atoms with van der Waals surface area (Å²) < 4.78 is 2.09. The maximum Gasteiger partial charge on any atom is 0.114 e. The zero-order chi connectivity index (χ0) is 12.4. The summed E-state index contributed by atoms with van der Waals surface area (Å²) in [6.07, 6.45) is 4.81. The standard InChI is InChI=1S/C13H17ClN4/c14-11-1-2-12-9-16-13(18(12)10-11)3-6-17-7-4-15-5-8-17/h1-2,9-10,15H,3-8H2. The molecule has 0 unspecified atom stereocenters. The number of imidazole rings is 1. The molecule has 4 nitrogen and oxygen atoms in total. The quantitative estimate of drug-likeness (QED) is 0.911. The van der Waals surface area contributed by atoms with E-state index in [1.807, 2.05) is 24.5 Å². The summed E-state index contributed by atoms with van der Waals surface area (Å²) in [5, 5.41) is 4.12. The van der Waals surface area contributed by atoms with Gasteiger partial charge in [-0.15, -0.1) is 0 Å². The highest BCUT2D eigenvalue weighted by molar-refractivity contribution is 6.30. The Labute approximate surface area is 112 Å². The van der Waals surface area contributed by atoms with Crippen molar-refractivity contribution >= 4 is 17.1 Å². The number of piperazine rings is 1. The Bertz CT molecular complexity index is 531. The topological polar surface area (TPSA) is 32.6 Å². The SMILES string of the molecule is Clc1ccc2cnc(CCN3CCNCC3)n2c1. The average Bonchev–Trinajstić information content (AvgIpc) is 2.80. The molecule has 0 aromatic carbocycles. The van der Waals surface area contributed by atoms with Gasteiger partial charge in [-0.2, -0.15) is 0 Å². The molecule has 0 amide bonds.